The lowest BCUT2D eigenvalue weighted by atomic mass is 10.1. The summed E-state index contributed by atoms with van der Waals surface area (Å²) in [7, 11) is 1.44. The van der Waals surface area contributed by atoms with E-state index >= 15 is 0 Å². The Morgan fingerprint density at radius 3 is 2.25 bits per heavy atom. The van der Waals surface area contributed by atoms with Crippen molar-refractivity contribution >= 4 is 5.97 Å². The summed E-state index contributed by atoms with van der Waals surface area (Å²) in [5.74, 6) is -0.0782. The zero-order valence-electron chi connectivity index (χ0n) is 8.27. The van der Waals surface area contributed by atoms with Crippen molar-refractivity contribution in [3.8, 4) is 0 Å². The second kappa shape index (κ2) is 8.57. The average Bonchev–Trinajstić information content (AvgIpc) is 2.10. The van der Waals surface area contributed by atoms with Gasteiger partial charge in [-0.25, -0.2) is 0 Å². The van der Waals surface area contributed by atoms with Crippen LogP contribution in [0.3, 0.4) is 0 Å². The van der Waals surface area contributed by atoms with E-state index in [0.29, 0.717) is 6.42 Å². The maximum absolute atomic E-state index is 10.7. The molecule has 2 heteroatoms. The van der Waals surface area contributed by atoms with Gasteiger partial charge in [0.1, 0.15) is 0 Å². The van der Waals surface area contributed by atoms with Gasteiger partial charge in [0.05, 0.1) is 7.11 Å². The highest BCUT2D eigenvalue weighted by molar-refractivity contribution is 5.68. The first kappa shape index (κ1) is 11.5. The molecule has 0 N–H and O–H groups in total. The van der Waals surface area contributed by atoms with E-state index in [-0.39, 0.29) is 5.97 Å². The van der Waals surface area contributed by atoms with Crippen LogP contribution in [0.5, 0.6) is 0 Å². The van der Waals surface area contributed by atoms with Crippen molar-refractivity contribution in [1.29, 1.82) is 0 Å². The summed E-state index contributed by atoms with van der Waals surface area (Å²) in [6.07, 6.45) is 7.88. The molecule has 0 spiro atoms. The van der Waals surface area contributed by atoms with Gasteiger partial charge in [-0.05, 0) is 6.42 Å². The molecule has 0 aliphatic carbocycles. The monoisotopic (exact) mass is 174 g/mol. The minimum Gasteiger partial charge on any atom is -0.469 e. The van der Waals surface area contributed by atoms with Crippen LogP contribution in [-0.2, 0) is 9.53 Å². The van der Waals surface area contributed by atoms with Gasteiger partial charge in [0.2, 0.25) is 0 Å². The zero-order chi connectivity index (χ0) is 9.23. The zero-order valence-corrected chi connectivity index (χ0v) is 8.27. The molecular formula is C10H20O2. The minimum absolute atomic E-state index is 0.0782. The van der Waals surface area contributed by atoms with Crippen LogP contribution in [-0.4, -0.2) is 13.1 Å². The highest BCUT2D eigenvalue weighted by Gasteiger charge is 1.98. The third-order valence-corrected chi connectivity index (χ3v) is 1.96. The van der Waals surface area contributed by atoms with Crippen LogP contribution in [0.15, 0.2) is 0 Å². The lowest BCUT2D eigenvalue weighted by Crippen LogP contribution is -1.98. The maximum Gasteiger partial charge on any atom is 0.305 e. The summed E-state index contributed by atoms with van der Waals surface area (Å²) in [6.45, 7) is 2.20. The van der Waals surface area contributed by atoms with Crippen LogP contribution < -0.4 is 0 Å². The molecule has 0 unspecified atom stereocenters. The van der Waals surface area contributed by atoms with Crippen molar-refractivity contribution in [1.82, 2.24) is 0 Å². The standard InChI is InChI=1S/C10H20O2/c1-3-4-5-6-7-8-9-10(11)12-2/h3-9H2,1-2H3/i10+2. The molecule has 0 heterocycles. The van der Waals surface area contributed by atoms with E-state index in [4.69, 9.17) is 0 Å². The van der Waals surface area contributed by atoms with Crippen LogP contribution in [0.1, 0.15) is 51.9 Å². The van der Waals surface area contributed by atoms with Crippen LogP contribution in [0.2, 0.25) is 0 Å². The number of methoxy groups -OCH3 is 1. The predicted octanol–water partition coefficient (Wildman–Crippen LogP) is 2.91. The molecule has 0 saturated carbocycles. The van der Waals surface area contributed by atoms with E-state index in [1.54, 1.807) is 0 Å². The fourth-order valence-corrected chi connectivity index (χ4v) is 1.15. The molecule has 0 radical (unpaired) electrons. The van der Waals surface area contributed by atoms with Crippen molar-refractivity contribution in [2.75, 3.05) is 7.11 Å². The topological polar surface area (TPSA) is 26.3 Å². The Kier molecular flexibility index (Phi) is 8.19. The van der Waals surface area contributed by atoms with E-state index < -0.39 is 0 Å². The molecule has 0 bridgehead atoms. The Morgan fingerprint density at radius 1 is 1.08 bits per heavy atom. The van der Waals surface area contributed by atoms with Crippen molar-refractivity contribution < 1.29 is 9.53 Å². The number of ether oxygens (including phenoxy) is 1. The minimum atomic E-state index is -0.0782. The third-order valence-electron chi connectivity index (χ3n) is 1.96. The number of hydrogen-bond donors (Lipinski definition) is 0. The molecule has 0 amide bonds. The number of carbonyl (C=O) groups is 1. The molecule has 0 aromatic heterocycles. The first-order valence-electron chi connectivity index (χ1n) is 4.88. The fourth-order valence-electron chi connectivity index (χ4n) is 1.15. The predicted molar refractivity (Wildman–Crippen MR) is 50.0 cm³/mol. The van der Waals surface area contributed by atoms with Crippen LogP contribution >= 0.6 is 0 Å². The fraction of sp³-hybridized carbons (Fsp3) is 0.900. The van der Waals surface area contributed by atoms with Gasteiger partial charge in [0, 0.05) is 6.42 Å². The number of rotatable bonds is 7. The molecule has 72 valence electrons. The van der Waals surface area contributed by atoms with Gasteiger partial charge in [-0.2, -0.15) is 0 Å². The van der Waals surface area contributed by atoms with Gasteiger partial charge in [-0.15, -0.1) is 0 Å². The maximum atomic E-state index is 10.7. The first-order chi connectivity index (χ1) is 5.81. The molecule has 0 saturated heterocycles. The van der Waals surface area contributed by atoms with Gasteiger partial charge in [-0.1, -0.05) is 39.0 Å². The lowest BCUT2D eigenvalue weighted by Gasteiger charge is -1.99. The molecule has 0 aromatic carbocycles. The van der Waals surface area contributed by atoms with Gasteiger partial charge in [0.15, 0.2) is 0 Å². The quantitative estimate of drug-likeness (QED) is 0.438. The summed E-state index contributed by atoms with van der Waals surface area (Å²) >= 11 is 0. The normalized spacial score (nSPS) is 9.83. The Balaban J connectivity index is 2.95. The second-order valence-electron chi connectivity index (χ2n) is 3.09. The van der Waals surface area contributed by atoms with Crippen molar-refractivity contribution in [2.24, 2.45) is 0 Å². The molecule has 0 rings (SSSR count). The summed E-state index contributed by atoms with van der Waals surface area (Å²) < 4.78 is 4.54. The largest absolute Gasteiger partial charge is 0.469 e. The molecule has 0 aromatic rings. The average molecular weight is 174 g/mol. The SMILES string of the molecule is CCCCCCCC[14C](=O)OC. The molecule has 0 aliphatic rings. The summed E-state index contributed by atoms with van der Waals surface area (Å²) in [5.41, 5.74) is 0. The Labute approximate surface area is 75.3 Å². The van der Waals surface area contributed by atoms with Gasteiger partial charge in [0.25, 0.3) is 0 Å². The van der Waals surface area contributed by atoms with E-state index in [1.807, 2.05) is 0 Å². The van der Waals surface area contributed by atoms with Gasteiger partial charge in [-0.3, -0.25) is 4.79 Å². The Hall–Kier alpha value is -0.530. The van der Waals surface area contributed by atoms with E-state index in [2.05, 4.69) is 11.7 Å². The number of unbranched alkanes of at least 4 members (excludes halogenated alkanes) is 5. The van der Waals surface area contributed by atoms with E-state index in [9.17, 15) is 4.79 Å². The van der Waals surface area contributed by atoms with Crippen LogP contribution in [0.25, 0.3) is 0 Å². The van der Waals surface area contributed by atoms with E-state index in [0.717, 1.165) is 12.8 Å². The Morgan fingerprint density at radius 2 is 1.67 bits per heavy atom. The van der Waals surface area contributed by atoms with Crippen LogP contribution in [0.4, 0.5) is 0 Å². The lowest BCUT2D eigenvalue weighted by molar-refractivity contribution is -0.140. The number of esters is 1. The molecule has 0 aliphatic heterocycles. The highest BCUT2D eigenvalue weighted by atomic mass is 16.7. The van der Waals surface area contributed by atoms with E-state index in [1.165, 1.54) is 32.8 Å². The summed E-state index contributed by atoms with van der Waals surface area (Å²) in [5, 5.41) is 0. The summed E-state index contributed by atoms with van der Waals surface area (Å²) in [6, 6.07) is 0. The molecular weight excluding hydrogens is 154 g/mol. The number of hydrogen-bond acceptors (Lipinski definition) is 2. The number of carbonyl (C=O) groups excluding carboxylic acids is 1. The molecule has 2 nitrogen and oxygen atoms in total. The highest BCUT2D eigenvalue weighted by Crippen LogP contribution is 2.06. The first-order valence-corrected chi connectivity index (χ1v) is 4.88. The summed E-state index contributed by atoms with van der Waals surface area (Å²) in [4.78, 5) is 10.7. The Bertz CT molecular complexity index is 110. The van der Waals surface area contributed by atoms with Gasteiger partial charge < -0.3 is 4.74 Å². The smallest absolute Gasteiger partial charge is 0.305 e. The van der Waals surface area contributed by atoms with Gasteiger partial charge >= 0.3 is 5.97 Å². The second-order valence-corrected chi connectivity index (χ2v) is 3.09. The molecule has 0 fully saturated rings. The molecule has 0 atom stereocenters. The van der Waals surface area contributed by atoms with Crippen molar-refractivity contribution in [2.45, 2.75) is 51.9 Å². The van der Waals surface area contributed by atoms with Crippen molar-refractivity contribution in [3.05, 3.63) is 0 Å². The third kappa shape index (κ3) is 7.58. The van der Waals surface area contributed by atoms with Crippen molar-refractivity contribution in [3.63, 3.8) is 0 Å². The van der Waals surface area contributed by atoms with Crippen LogP contribution in [0, 0.1) is 0 Å². The molecule has 12 heavy (non-hydrogen) atoms.